The minimum atomic E-state index is 0.771. The first-order chi connectivity index (χ1) is 10.8. The van der Waals surface area contributed by atoms with Crippen LogP contribution in [-0.4, -0.2) is 35.3 Å². The Morgan fingerprint density at radius 1 is 1.27 bits per heavy atom. The molecule has 0 bridgehead atoms. The summed E-state index contributed by atoms with van der Waals surface area (Å²) in [6.07, 6.45) is 6.25. The zero-order valence-corrected chi connectivity index (χ0v) is 13.3. The van der Waals surface area contributed by atoms with Crippen molar-refractivity contribution in [2.24, 2.45) is 5.73 Å². The predicted octanol–water partition coefficient (Wildman–Crippen LogP) is 2.06. The fourth-order valence-corrected chi connectivity index (χ4v) is 3.05. The number of nitrogens with zero attached hydrogens (tertiary/aromatic N) is 3. The third-order valence-corrected chi connectivity index (χ3v) is 4.33. The molecule has 0 unspecified atom stereocenters. The third kappa shape index (κ3) is 3.47. The molecule has 22 heavy (non-hydrogen) atoms. The summed E-state index contributed by atoms with van der Waals surface area (Å²) in [5.74, 6) is 1.88. The Kier molecular flexibility index (Phi) is 4.73. The summed E-state index contributed by atoms with van der Waals surface area (Å²) >= 11 is 0. The van der Waals surface area contributed by atoms with Gasteiger partial charge in [-0.05, 0) is 43.0 Å². The fraction of sp³-hybridized carbons (Fsp3) is 0.529. The van der Waals surface area contributed by atoms with Crippen LogP contribution >= 0.6 is 0 Å². The van der Waals surface area contributed by atoms with Crippen molar-refractivity contribution in [2.45, 2.75) is 38.5 Å². The second-order valence-corrected chi connectivity index (χ2v) is 6.11. The predicted molar refractivity (Wildman–Crippen MR) is 89.2 cm³/mol. The highest BCUT2D eigenvalue weighted by molar-refractivity contribution is 5.58. The molecule has 0 fully saturated rings. The average Bonchev–Trinajstić information content (AvgIpc) is 3.11. The van der Waals surface area contributed by atoms with Gasteiger partial charge in [0.05, 0.1) is 0 Å². The molecule has 1 aliphatic rings. The lowest BCUT2D eigenvalue weighted by atomic mass is 10.1. The molecule has 5 nitrogen and oxygen atoms in total. The van der Waals surface area contributed by atoms with Gasteiger partial charge < -0.3 is 10.6 Å². The van der Waals surface area contributed by atoms with E-state index in [2.05, 4.69) is 45.3 Å². The summed E-state index contributed by atoms with van der Waals surface area (Å²) in [5.41, 5.74) is 9.62. The van der Waals surface area contributed by atoms with Gasteiger partial charge in [0.1, 0.15) is 5.82 Å². The van der Waals surface area contributed by atoms with Crippen LogP contribution < -0.4 is 10.6 Å². The van der Waals surface area contributed by atoms with Crippen LogP contribution in [0.5, 0.6) is 0 Å². The Labute approximate surface area is 131 Å². The molecule has 118 valence electrons. The zero-order valence-electron chi connectivity index (χ0n) is 13.3. The standard InChI is InChI=1S/C17H25N5/c1-22-10-8-14-11-13(6-7-15(14)22)12-17-19-16(20-21-17)5-3-2-4-9-18/h6-7,11H,2-5,8-10,12,18H2,1H3,(H,19,20,21). The second-order valence-electron chi connectivity index (χ2n) is 6.11. The van der Waals surface area contributed by atoms with Crippen LogP contribution in [0.2, 0.25) is 0 Å². The van der Waals surface area contributed by atoms with Gasteiger partial charge in [-0.15, -0.1) is 0 Å². The summed E-state index contributed by atoms with van der Waals surface area (Å²) in [5, 5.41) is 7.39. The van der Waals surface area contributed by atoms with Crippen LogP contribution in [0, 0.1) is 0 Å². The molecule has 0 aliphatic carbocycles. The molecule has 0 saturated heterocycles. The molecule has 1 aromatic heterocycles. The van der Waals surface area contributed by atoms with Gasteiger partial charge in [0.25, 0.3) is 0 Å². The number of hydrogen-bond acceptors (Lipinski definition) is 4. The van der Waals surface area contributed by atoms with Crippen LogP contribution in [-0.2, 0) is 19.3 Å². The Hall–Kier alpha value is -1.88. The Balaban J connectivity index is 1.58. The first-order valence-corrected chi connectivity index (χ1v) is 8.19. The van der Waals surface area contributed by atoms with Crippen molar-refractivity contribution >= 4 is 5.69 Å². The number of nitrogens with one attached hydrogen (secondary N) is 1. The van der Waals surface area contributed by atoms with Crippen LogP contribution in [0.15, 0.2) is 18.2 Å². The Bertz CT molecular complexity index is 619. The lowest BCUT2D eigenvalue weighted by molar-refractivity contribution is 0.670. The lowest BCUT2D eigenvalue weighted by Gasteiger charge is -2.11. The molecule has 2 aromatic rings. The molecule has 2 heterocycles. The number of rotatable bonds is 7. The summed E-state index contributed by atoms with van der Waals surface area (Å²) in [7, 11) is 2.15. The van der Waals surface area contributed by atoms with Crippen molar-refractivity contribution in [3.8, 4) is 0 Å². The molecule has 1 aliphatic heterocycles. The van der Waals surface area contributed by atoms with Crippen molar-refractivity contribution in [1.29, 1.82) is 0 Å². The maximum atomic E-state index is 5.50. The molecule has 0 saturated carbocycles. The molecular weight excluding hydrogens is 274 g/mol. The number of H-pyrrole nitrogens is 1. The number of benzene rings is 1. The summed E-state index contributed by atoms with van der Waals surface area (Å²) in [4.78, 5) is 6.92. The van der Waals surface area contributed by atoms with E-state index in [1.54, 1.807) is 0 Å². The summed E-state index contributed by atoms with van der Waals surface area (Å²) in [6.45, 7) is 1.89. The van der Waals surface area contributed by atoms with Gasteiger partial charge in [0, 0.05) is 32.1 Å². The van der Waals surface area contributed by atoms with E-state index < -0.39 is 0 Å². The monoisotopic (exact) mass is 299 g/mol. The van der Waals surface area contributed by atoms with Crippen LogP contribution in [0.3, 0.4) is 0 Å². The van der Waals surface area contributed by atoms with Gasteiger partial charge >= 0.3 is 0 Å². The normalized spacial score (nSPS) is 13.6. The highest BCUT2D eigenvalue weighted by atomic mass is 15.2. The zero-order chi connectivity index (χ0) is 15.4. The number of aromatic nitrogens is 3. The van der Waals surface area contributed by atoms with Gasteiger partial charge in [-0.3, -0.25) is 5.10 Å². The van der Waals surface area contributed by atoms with E-state index in [9.17, 15) is 0 Å². The summed E-state index contributed by atoms with van der Waals surface area (Å²) < 4.78 is 0. The smallest absolute Gasteiger partial charge is 0.150 e. The summed E-state index contributed by atoms with van der Waals surface area (Å²) in [6, 6.07) is 6.73. The van der Waals surface area contributed by atoms with Crippen LogP contribution in [0.25, 0.3) is 0 Å². The molecule has 3 N–H and O–H groups in total. The van der Waals surface area contributed by atoms with Crippen LogP contribution in [0.1, 0.15) is 42.0 Å². The van der Waals surface area contributed by atoms with E-state index in [1.165, 1.54) is 16.8 Å². The molecular formula is C17H25N5. The van der Waals surface area contributed by atoms with E-state index in [-0.39, 0.29) is 0 Å². The Morgan fingerprint density at radius 3 is 3.05 bits per heavy atom. The number of anilines is 1. The van der Waals surface area contributed by atoms with Crippen molar-refractivity contribution in [3.05, 3.63) is 41.0 Å². The molecule has 0 atom stereocenters. The highest BCUT2D eigenvalue weighted by Gasteiger charge is 2.15. The van der Waals surface area contributed by atoms with Crippen LogP contribution in [0.4, 0.5) is 5.69 Å². The topological polar surface area (TPSA) is 70.8 Å². The maximum absolute atomic E-state index is 5.50. The largest absolute Gasteiger partial charge is 0.374 e. The SMILES string of the molecule is CN1CCc2cc(Cc3nc(CCCCCN)n[nH]3)ccc21. The van der Waals surface area contributed by atoms with Gasteiger partial charge in [-0.25, -0.2) is 4.98 Å². The Morgan fingerprint density at radius 2 is 2.18 bits per heavy atom. The first-order valence-electron chi connectivity index (χ1n) is 8.19. The number of likely N-dealkylation sites (N-methyl/N-ethyl adjacent to an activating group) is 1. The van der Waals surface area contributed by atoms with Crippen molar-refractivity contribution in [2.75, 3.05) is 25.0 Å². The molecule has 5 heteroatoms. The average molecular weight is 299 g/mol. The van der Waals surface area contributed by atoms with Crippen molar-refractivity contribution in [1.82, 2.24) is 15.2 Å². The maximum Gasteiger partial charge on any atom is 0.150 e. The van der Waals surface area contributed by atoms with Gasteiger partial charge in [-0.1, -0.05) is 18.6 Å². The molecule has 1 aromatic carbocycles. The molecule has 0 spiro atoms. The van der Waals surface area contributed by atoms with E-state index in [0.29, 0.717) is 0 Å². The van der Waals surface area contributed by atoms with E-state index >= 15 is 0 Å². The number of aryl methyl sites for hydroxylation is 1. The minimum Gasteiger partial charge on any atom is -0.374 e. The minimum absolute atomic E-state index is 0.771. The number of hydrogen-bond donors (Lipinski definition) is 2. The highest BCUT2D eigenvalue weighted by Crippen LogP contribution is 2.27. The quantitative estimate of drug-likeness (QED) is 0.768. The van der Waals surface area contributed by atoms with Gasteiger partial charge in [0.2, 0.25) is 0 Å². The fourth-order valence-electron chi connectivity index (χ4n) is 3.05. The third-order valence-electron chi connectivity index (χ3n) is 4.33. The van der Waals surface area contributed by atoms with Crippen molar-refractivity contribution < 1.29 is 0 Å². The van der Waals surface area contributed by atoms with Gasteiger partial charge in [0.15, 0.2) is 5.82 Å². The van der Waals surface area contributed by atoms with Gasteiger partial charge in [-0.2, -0.15) is 5.10 Å². The molecule has 3 rings (SSSR count). The van der Waals surface area contributed by atoms with E-state index in [1.807, 2.05) is 0 Å². The van der Waals surface area contributed by atoms with Crippen molar-refractivity contribution in [3.63, 3.8) is 0 Å². The van der Waals surface area contributed by atoms with E-state index in [4.69, 9.17) is 5.73 Å². The number of unbranched alkanes of at least 4 members (excludes halogenated alkanes) is 2. The second kappa shape index (κ2) is 6.92. The number of aromatic amines is 1. The first kappa shape index (κ1) is 15.0. The number of nitrogens with two attached hydrogens (primary N) is 1. The van der Waals surface area contributed by atoms with E-state index in [0.717, 1.165) is 63.3 Å². The molecule has 0 amide bonds. The molecule has 0 radical (unpaired) electrons. The lowest BCUT2D eigenvalue weighted by Crippen LogP contribution is -2.12. The number of fused-ring (bicyclic) bond motifs is 1.